The second-order valence-electron chi connectivity index (χ2n) is 5.65. The van der Waals surface area contributed by atoms with Crippen LogP contribution in [0.4, 0.5) is 0 Å². The summed E-state index contributed by atoms with van der Waals surface area (Å²) in [5, 5.41) is 0. The van der Waals surface area contributed by atoms with E-state index in [2.05, 4.69) is 0 Å². The zero-order valence-electron chi connectivity index (χ0n) is 11.3. The first-order chi connectivity index (χ1) is 8.75. The number of hydrogen-bond donors (Lipinski definition) is 1. The Bertz CT molecular complexity index is 263. The van der Waals surface area contributed by atoms with Crippen LogP contribution in [0.3, 0.4) is 0 Å². The smallest absolute Gasteiger partial charge is 0.248 e. The molecule has 1 heterocycles. The van der Waals surface area contributed by atoms with E-state index < -0.39 is 0 Å². The van der Waals surface area contributed by atoms with E-state index in [-0.39, 0.29) is 24.7 Å². The SMILES string of the molecule is NC1CCCC(OCC(=O)N2CCCCCC2)C1. The van der Waals surface area contributed by atoms with Crippen LogP contribution >= 0.6 is 0 Å². The number of carbonyl (C=O) groups excluding carboxylic acids is 1. The number of nitrogens with zero attached hydrogens (tertiary/aromatic N) is 1. The third-order valence-corrected chi connectivity index (χ3v) is 4.07. The fraction of sp³-hybridized carbons (Fsp3) is 0.929. The van der Waals surface area contributed by atoms with Gasteiger partial charge in [-0.2, -0.15) is 0 Å². The van der Waals surface area contributed by atoms with Gasteiger partial charge in [0.2, 0.25) is 5.91 Å². The van der Waals surface area contributed by atoms with Crippen LogP contribution in [0.25, 0.3) is 0 Å². The fourth-order valence-corrected chi connectivity index (χ4v) is 2.93. The normalized spacial score (nSPS) is 29.9. The highest BCUT2D eigenvalue weighted by Crippen LogP contribution is 2.20. The highest BCUT2D eigenvalue weighted by Gasteiger charge is 2.22. The van der Waals surface area contributed by atoms with E-state index in [1.54, 1.807) is 0 Å². The van der Waals surface area contributed by atoms with Crippen molar-refractivity contribution in [3.05, 3.63) is 0 Å². The summed E-state index contributed by atoms with van der Waals surface area (Å²) in [4.78, 5) is 14.0. The number of rotatable bonds is 3. The Morgan fingerprint density at radius 1 is 1.11 bits per heavy atom. The Hall–Kier alpha value is -0.610. The van der Waals surface area contributed by atoms with Crippen molar-refractivity contribution in [2.24, 2.45) is 5.73 Å². The van der Waals surface area contributed by atoms with Crippen LogP contribution in [0.5, 0.6) is 0 Å². The Morgan fingerprint density at radius 3 is 2.50 bits per heavy atom. The van der Waals surface area contributed by atoms with Crippen molar-refractivity contribution in [2.45, 2.75) is 63.5 Å². The van der Waals surface area contributed by atoms with Crippen LogP contribution in [0.1, 0.15) is 51.4 Å². The van der Waals surface area contributed by atoms with Crippen LogP contribution in [0.15, 0.2) is 0 Å². The second-order valence-corrected chi connectivity index (χ2v) is 5.65. The second kappa shape index (κ2) is 7.10. The molecular formula is C14H26N2O2. The van der Waals surface area contributed by atoms with E-state index in [9.17, 15) is 4.79 Å². The number of hydrogen-bond acceptors (Lipinski definition) is 3. The molecule has 1 saturated heterocycles. The number of likely N-dealkylation sites (tertiary alicyclic amines) is 1. The molecule has 2 fully saturated rings. The summed E-state index contributed by atoms with van der Waals surface area (Å²) in [6, 6.07) is 0.261. The molecule has 4 heteroatoms. The number of carbonyl (C=O) groups is 1. The van der Waals surface area contributed by atoms with E-state index in [1.807, 2.05) is 4.90 Å². The van der Waals surface area contributed by atoms with Gasteiger partial charge in [-0.25, -0.2) is 0 Å². The molecule has 2 rings (SSSR count). The van der Waals surface area contributed by atoms with Crippen molar-refractivity contribution >= 4 is 5.91 Å². The monoisotopic (exact) mass is 254 g/mol. The van der Waals surface area contributed by atoms with E-state index in [1.165, 1.54) is 12.8 Å². The van der Waals surface area contributed by atoms with Gasteiger partial charge in [0.05, 0.1) is 6.10 Å². The minimum atomic E-state index is 0.163. The molecule has 1 amide bonds. The molecular weight excluding hydrogens is 228 g/mol. The first-order valence-electron chi connectivity index (χ1n) is 7.40. The van der Waals surface area contributed by atoms with E-state index >= 15 is 0 Å². The van der Waals surface area contributed by atoms with Gasteiger partial charge in [-0.05, 0) is 38.5 Å². The van der Waals surface area contributed by atoms with Gasteiger partial charge >= 0.3 is 0 Å². The molecule has 0 aromatic rings. The number of amides is 1. The summed E-state index contributed by atoms with van der Waals surface area (Å²) < 4.78 is 5.74. The first-order valence-corrected chi connectivity index (χ1v) is 7.40. The Kier molecular flexibility index (Phi) is 5.45. The lowest BCUT2D eigenvalue weighted by Crippen LogP contribution is -2.38. The van der Waals surface area contributed by atoms with E-state index in [4.69, 9.17) is 10.5 Å². The highest BCUT2D eigenvalue weighted by molar-refractivity contribution is 5.77. The molecule has 0 aromatic heterocycles. The third kappa shape index (κ3) is 4.25. The summed E-state index contributed by atoms with van der Waals surface area (Å²) in [6.07, 6.45) is 9.17. The van der Waals surface area contributed by atoms with Gasteiger partial charge in [0.15, 0.2) is 0 Å². The first kappa shape index (κ1) is 13.8. The summed E-state index contributed by atoms with van der Waals surface area (Å²) in [7, 11) is 0. The van der Waals surface area contributed by atoms with Crippen LogP contribution in [0, 0.1) is 0 Å². The predicted octanol–water partition coefficient (Wildman–Crippen LogP) is 1.68. The number of ether oxygens (including phenoxy) is 1. The Balaban J connectivity index is 1.70. The predicted molar refractivity (Wildman–Crippen MR) is 71.2 cm³/mol. The van der Waals surface area contributed by atoms with Crippen LogP contribution in [-0.2, 0) is 9.53 Å². The summed E-state index contributed by atoms with van der Waals surface area (Å²) >= 11 is 0. The zero-order valence-corrected chi connectivity index (χ0v) is 11.3. The van der Waals surface area contributed by atoms with Crippen molar-refractivity contribution in [2.75, 3.05) is 19.7 Å². The van der Waals surface area contributed by atoms with Crippen molar-refractivity contribution in [3.63, 3.8) is 0 Å². The lowest BCUT2D eigenvalue weighted by Gasteiger charge is -2.27. The van der Waals surface area contributed by atoms with Gasteiger partial charge in [-0.3, -0.25) is 4.79 Å². The standard InChI is InChI=1S/C14H26N2O2/c15-12-6-5-7-13(10-12)18-11-14(17)16-8-3-1-2-4-9-16/h12-13H,1-11,15H2. The van der Waals surface area contributed by atoms with E-state index in [0.29, 0.717) is 0 Å². The quantitative estimate of drug-likeness (QED) is 0.833. The summed E-state index contributed by atoms with van der Waals surface area (Å²) in [5.74, 6) is 0.163. The lowest BCUT2D eigenvalue weighted by atomic mass is 9.94. The topological polar surface area (TPSA) is 55.6 Å². The zero-order chi connectivity index (χ0) is 12.8. The summed E-state index contributed by atoms with van der Waals surface area (Å²) in [5.41, 5.74) is 5.92. The molecule has 0 aromatic carbocycles. The van der Waals surface area contributed by atoms with Crippen LogP contribution in [-0.4, -0.2) is 42.6 Å². The maximum atomic E-state index is 12.0. The highest BCUT2D eigenvalue weighted by atomic mass is 16.5. The molecule has 0 bridgehead atoms. The molecule has 18 heavy (non-hydrogen) atoms. The lowest BCUT2D eigenvalue weighted by molar-refractivity contribution is -0.138. The van der Waals surface area contributed by atoms with Gasteiger partial charge < -0.3 is 15.4 Å². The van der Waals surface area contributed by atoms with Crippen molar-refractivity contribution in [3.8, 4) is 0 Å². The molecule has 0 spiro atoms. The average Bonchev–Trinajstić information content (AvgIpc) is 2.65. The molecule has 0 radical (unpaired) electrons. The molecule has 104 valence electrons. The maximum absolute atomic E-state index is 12.0. The third-order valence-electron chi connectivity index (χ3n) is 4.07. The van der Waals surface area contributed by atoms with Gasteiger partial charge in [0.25, 0.3) is 0 Å². The molecule has 2 unspecified atom stereocenters. The Labute approximate surface area is 110 Å². The van der Waals surface area contributed by atoms with Crippen LogP contribution < -0.4 is 5.73 Å². The minimum Gasteiger partial charge on any atom is -0.368 e. The van der Waals surface area contributed by atoms with Crippen molar-refractivity contribution in [1.29, 1.82) is 0 Å². The van der Waals surface area contributed by atoms with Gasteiger partial charge in [-0.1, -0.05) is 12.8 Å². The minimum absolute atomic E-state index is 0.163. The van der Waals surface area contributed by atoms with Gasteiger partial charge in [-0.15, -0.1) is 0 Å². The summed E-state index contributed by atoms with van der Waals surface area (Å²) in [6.45, 7) is 2.07. The van der Waals surface area contributed by atoms with Crippen LogP contribution in [0.2, 0.25) is 0 Å². The van der Waals surface area contributed by atoms with Crippen molar-refractivity contribution in [1.82, 2.24) is 4.90 Å². The van der Waals surface area contributed by atoms with Gasteiger partial charge in [0.1, 0.15) is 6.61 Å². The molecule has 1 aliphatic carbocycles. The molecule has 2 atom stereocenters. The van der Waals surface area contributed by atoms with Crippen molar-refractivity contribution < 1.29 is 9.53 Å². The average molecular weight is 254 g/mol. The molecule has 2 aliphatic rings. The molecule has 4 nitrogen and oxygen atoms in total. The molecule has 1 aliphatic heterocycles. The molecule has 2 N–H and O–H groups in total. The maximum Gasteiger partial charge on any atom is 0.248 e. The molecule has 1 saturated carbocycles. The van der Waals surface area contributed by atoms with E-state index in [0.717, 1.165) is 51.6 Å². The largest absolute Gasteiger partial charge is 0.368 e. The number of nitrogens with two attached hydrogens (primary N) is 1. The fourth-order valence-electron chi connectivity index (χ4n) is 2.93. The van der Waals surface area contributed by atoms with Gasteiger partial charge in [0, 0.05) is 19.1 Å². The Morgan fingerprint density at radius 2 is 1.83 bits per heavy atom.